The van der Waals surface area contributed by atoms with Crippen molar-refractivity contribution >= 4 is 11.8 Å². The van der Waals surface area contributed by atoms with Gasteiger partial charge in [0.2, 0.25) is 11.8 Å². The van der Waals surface area contributed by atoms with Gasteiger partial charge in [-0.05, 0) is 5.56 Å². The minimum Gasteiger partial charge on any atom is -0.424 e. The summed E-state index contributed by atoms with van der Waals surface area (Å²) in [6.07, 6.45) is 2.12. The molecule has 0 spiro atoms. The summed E-state index contributed by atoms with van der Waals surface area (Å²) in [7, 11) is 0. The molecule has 6 nitrogen and oxygen atoms in total. The van der Waals surface area contributed by atoms with Gasteiger partial charge in [-0.3, -0.25) is 5.10 Å². The van der Waals surface area contributed by atoms with Gasteiger partial charge in [-0.25, -0.2) is 4.98 Å². The van der Waals surface area contributed by atoms with Crippen molar-refractivity contribution in [2.75, 3.05) is 0 Å². The van der Waals surface area contributed by atoms with Crippen LogP contribution in [0.15, 0.2) is 46.2 Å². The Morgan fingerprint density at radius 1 is 1.11 bits per heavy atom. The number of aromatic amines is 1. The van der Waals surface area contributed by atoms with Crippen LogP contribution < -0.4 is 0 Å². The standard InChI is InChI=1S/C12H11N5OS/c1-2-4-9(5-3-1)6-10-15-16-11(18-10)7-19-12-13-8-14-17-12/h1-5,8H,6-7H2,(H,13,14,17). The van der Waals surface area contributed by atoms with Gasteiger partial charge < -0.3 is 4.42 Å². The van der Waals surface area contributed by atoms with E-state index in [2.05, 4.69) is 25.4 Å². The van der Waals surface area contributed by atoms with Gasteiger partial charge in [0.15, 0.2) is 5.16 Å². The molecule has 0 aliphatic heterocycles. The Kier molecular flexibility index (Phi) is 3.55. The lowest BCUT2D eigenvalue weighted by Gasteiger charge is -1.95. The van der Waals surface area contributed by atoms with Crippen LogP contribution in [0.3, 0.4) is 0 Å². The number of benzene rings is 1. The first-order chi connectivity index (χ1) is 9.40. The monoisotopic (exact) mass is 273 g/mol. The van der Waals surface area contributed by atoms with Gasteiger partial charge in [0.25, 0.3) is 0 Å². The number of aromatic nitrogens is 5. The van der Waals surface area contributed by atoms with Crippen molar-refractivity contribution in [2.45, 2.75) is 17.3 Å². The highest BCUT2D eigenvalue weighted by atomic mass is 32.2. The third-order valence-corrected chi connectivity index (χ3v) is 3.29. The van der Waals surface area contributed by atoms with Crippen molar-refractivity contribution in [1.82, 2.24) is 25.4 Å². The van der Waals surface area contributed by atoms with Crippen molar-refractivity contribution in [3.63, 3.8) is 0 Å². The predicted molar refractivity (Wildman–Crippen MR) is 69.5 cm³/mol. The van der Waals surface area contributed by atoms with Crippen LogP contribution in [0.25, 0.3) is 0 Å². The highest BCUT2D eigenvalue weighted by Crippen LogP contribution is 2.18. The fourth-order valence-electron chi connectivity index (χ4n) is 1.58. The Labute approximate surface area is 113 Å². The van der Waals surface area contributed by atoms with Crippen LogP contribution in [0, 0.1) is 0 Å². The highest BCUT2D eigenvalue weighted by Gasteiger charge is 2.08. The number of thioether (sulfide) groups is 1. The number of nitrogens with zero attached hydrogens (tertiary/aromatic N) is 4. The fourth-order valence-corrected chi connectivity index (χ4v) is 2.20. The molecule has 0 aliphatic rings. The molecule has 0 saturated carbocycles. The molecule has 0 bridgehead atoms. The van der Waals surface area contributed by atoms with E-state index in [0.29, 0.717) is 24.0 Å². The molecule has 3 aromatic rings. The number of H-pyrrole nitrogens is 1. The van der Waals surface area contributed by atoms with Crippen LogP contribution in [-0.4, -0.2) is 25.4 Å². The average Bonchev–Trinajstić information content (AvgIpc) is 3.09. The normalized spacial score (nSPS) is 10.7. The minimum atomic E-state index is 0.580. The van der Waals surface area contributed by atoms with Gasteiger partial charge in [0.1, 0.15) is 6.33 Å². The van der Waals surface area contributed by atoms with Gasteiger partial charge in [0, 0.05) is 0 Å². The first-order valence-electron chi connectivity index (χ1n) is 5.73. The van der Waals surface area contributed by atoms with E-state index in [0.717, 1.165) is 10.7 Å². The average molecular weight is 273 g/mol. The molecule has 0 amide bonds. The predicted octanol–water partition coefficient (Wildman–Crippen LogP) is 2.07. The van der Waals surface area contributed by atoms with Crippen LogP contribution >= 0.6 is 11.8 Å². The smallest absolute Gasteiger partial charge is 0.226 e. The Bertz CT molecular complexity index is 623. The SMILES string of the molecule is c1ccc(Cc2nnc(CSc3ncn[nH]3)o2)cc1. The molecule has 2 heterocycles. The van der Waals surface area contributed by atoms with Crippen molar-refractivity contribution < 1.29 is 4.42 Å². The molecule has 0 aliphatic carbocycles. The summed E-state index contributed by atoms with van der Waals surface area (Å²) in [6, 6.07) is 10.0. The summed E-state index contributed by atoms with van der Waals surface area (Å²) in [4.78, 5) is 4.01. The van der Waals surface area contributed by atoms with Crippen LogP contribution in [-0.2, 0) is 12.2 Å². The molecule has 1 aromatic carbocycles. The van der Waals surface area contributed by atoms with E-state index in [4.69, 9.17) is 4.42 Å². The van der Waals surface area contributed by atoms with Gasteiger partial charge in [0.05, 0.1) is 12.2 Å². The molecule has 19 heavy (non-hydrogen) atoms. The van der Waals surface area contributed by atoms with Crippen molar-refractivity contribution in [3.8, 4) is 0 Å². The second-order valence-corrected chi connectivity index (χ2v) is 4.80. The maximum absolute atomic E-state index is 5.58. The molecule has 1 N–H and O–H groups in total. The van der Waals surface area contributed by atoms with E-state index in [-0.39, 0.29) is 0 Å². The van der Waals surface area contributed by atoms with Crippen molar-refractivity contribution in [2.24, 2.45) is 0 Å². The van der Waals surface area contributed by atoms with Crippen LogP contribution in [0.1, 0.15) is 17.3 Å². The molecule has 7 heteroatoms. The van der Waals surface area contributed by atoms with Gasteiger partial charge in [-0.15, -0.1) is 10.2 Å². The summed E-state index contributed by atoms with van der Waals surface area (Å²) in [6.45, 7) is 0. The van der Waals surface area contributed by atoms with Crippen molar-refractivity contribution in [1.29, 1.82) is 0 Å². The minimum absolute atomic E-state index is 0.580. The topological polar surface area (TPSA) is 80.5 Å². The molecule has 0 saturated heterocycles. The zero-order valence-electron chi connectivity index (χ0n) is 9.98. The first kappa shape index (κ1) is 11.9. The van der Waals surface area contributed by atoms with Crippen LogP contribution in [0.5, 0.6) is 0 Å². The van der Waals surface area contributed by atoms with Gasteiger partial charge in [-0.2, -0.15) is 5.10 Å². The van der Waals surface area contributed by atoms with Crippen LogP contribution in [0.2, 0.25) is 0 Å². The maximum Gasteiger partial charge on any atom is 0.226 e. The van der Waals surface area contributed by atoms with E-state index in [1.165, 1.54) is 18.1 Å². The van der Waals surface area contributed by atoms with Gasteiger partial charge in [-0.1, -0.05) is 42.1 Å². The number of nitrogens with one attached hydrogen (secondary N) is 1. The van der Waals surface area contributed by atoms with E-state index >= 15 is 0 Å². The highest BCUT2D eigenvalue weighted by molar-refractivity contribution is 7.98. The molecule has 0 radical (unpaired) electrons. The summed E-state index contributed by atoms with van der Waals surface area (Å²) in [5.41, 5.74) is 1.15. The quantitative estimate of drug-likeness (QED) is 0.717. The van der Waals surface area contributed by atoms with Crippen LogP contribution in [0.4, 0.5) is 0 Å². The van der Waals surface area contributed by atoms with E-state index in [9.17, 15) is 0 Å². The second kappa shape index (κ2) is 5.66. The Morgan fingerprint density at radius 3 is 2.74 bits per heavy atom. The number of hydrogen-bond donors (Lipinski definition) is 1. The summed E-state index contributed by atoms with van der Waals surface area (Å²) in [5.74, 6) is 1.79. The first-order valence-corrected chi connectivity index (χ1v) is 6.72. The zero-order valence-corrected chi connectivity index (χ0v) is 10.8. The lowest BCUT2D eigenvalue weighted by Crippen LogP contribution is -1.87. The fraction of sp³-hybridized carbons (Fsp3) is 0.167. The molecular weight excluding hydrogens is 262 g/mol. The van der Waals surface area contributed by atoms with E-state index < -0.39 is 0 Å². The molecular formula is C12H11N5OS. The lowest BCUT2D eigenvalue weighted by molar-refractivity contribution is 0.474. The van der Waals surface area contributed by atoms with Crippen molar-refractivity contribution in [3.05, 3.63) is 54.0 Å². The number of hydrogen-bond acceptors (Lipinski definition) is 6. The van der Waals surface area contributed by atoms with Gasteiger partial charge >= 0.3 is 0 Å². The molecule has 2 aromatic heterocycles. The Balaban J connectivity index is 1.60. The zero-order chi connectivity index (χ0) is 12.9. The largest absolute Gasteiger partial charge is 0.424 e. The van der Waals surface area contributed by atoms with E-state index in [1.807, 2.05) is 30.3 Å². The summed E-state index contributed by atoms with van der Waals surface area (Å²) < 4.78 is 5.58. The summed E-state index contributed by atoms with van der Waals surface area (Å²) >= 11 is 1.47. The third kappa shape index (κ3) is 3.19. The maximum atomic E-state index is 5.58. The van der Waals surface area contributed by atoms with E-state index in [1.54, 1.807) is 0 Å². The lowest BCUT2D eigenvalue weighted by atomic mass is 10.2. The number of rotatable bonds is 5. The Hall–Kier alpha value is -2.15. The molecule has 3 rings (SSSR count). The molecule has 0 unspecified atom stereocenters. The molecule has 0 atom stereocenters. The molecule has 96 valence electrons. The molecule has 0 fully saturated rings. The Morgan fingerprint density at radius 2 is 1.95 bits per heavy atom. The third-order valence-electron chi connectivity index (χ3n) is 2.43. The second-order valence-electron chi connectivity index (χ2n) is 3.83. The summed E-state index contributed by atoms with van der Waals surface area (Å²) in [5, 5.41) is 15.3.